The number of fused-ring (bicyclic) bond motifs is 1. The number of carbonyl (C=O) groups is 1. The standard InChI is InChI=1S/C29H27F3N8O2S/c1-16-38-39-26(43-16)23-12-11-20-21(13-33-25(20)36-23)24-22(29(30,31)32)14-34-27(37-24)35-18-8-10-19(40(15-18)28(41)42)9-7-17-5-3-2-4-6-17/h2-6,11-14,18-19H,7-10,15H2,1H3,(H,33,36)(H,41,42)(H,34,35,37)/t18-,19-/m0/s1. The molecule has 0 saturated carbocycles. The van der Waals surface area contributed by atoms with E-state index in [2.05, 4.69) is 35.5 Å². The molecule has 0 aliphatic carbocycles. The van der Waals surface area contributed by atoms with Gasteiger partial charge < -0.3 is 20.3 Å². The Morgan fingerprint density at radius 1 is 1.14 bits per heavy atom. The molecular formula is C29H27F3N8O2S. The van der Waals surface area contributed by atoms with Crippen molar-refractivity contribution in [3.8, 4) is 22.0 Å². The van der Waals surface area contributed by atoms with Gasteiger partial charge in [0.2, 0.25) is 5.95 Å². The van der Waals surface area contributed by atoms with Gasteiger partial charge in [-0.15, -0.1) is 10.2 Å². The van der Waals surface area contributed by atoms with Crippen molar-refractivity contribution < 1.29 is 23.1 Å². The highest BCUT2D eigenvalue weighted by Gasteiger charge is 2.37. The smallest absolute Gasteiger partial charge is 0.419 e. The average molecular weight is 609 g/mol. The summed E-state index contributed by atoms with van der Waals surface area (Å²) in [5.74, 6) is -0.00987. The quantitative estimate of drug-likeness (QED) is 0.193. The van der Waals surface area contributed by atoms with Gasteiger partial charge in [-0.3, -0.25) is 0 Å². The number of benzene rings is 1. The minimum Gasteiger partial charge on any atom is -0.465 e. The van der Waals surface area contributed by atoms with Crippen LogP contribution in [0.5, 0.6) is 0 Å². The summed E-state index contributed by atoms with van der Waals surface area (Å²) in [7, 11) is 0. The zero-order valence-electron chi connectivity index (χ0n) is 23.0. The van der Waals surface area contributed by atoms with Gasteiger partial charge >= 0.3 is 12.3 Å². The molecule has 222 valence electrons. The normalized spacial score (nSPS) is 17.3. The zero-order valence-corrected chi connectivity index (χ0v) is 23.8. The molecular weight excluding hydrogens is 581 g/mol. The van der Waals surface area contributed by atoms with Crippen LogP contribution in [0.25, 0.3) is 33.0 Å². The molecule has 43 heavy (non-hydrogen) atoms. The average Bonchev–Trinajstić information content (AvgIpc) is 3.62. The molecule has 1 saturated heterocycles. The number of halogens is 3. The van der Waals surface area contributed by atoms with Crippen molar-refractivity contribution in [2.45, 2.75) is 50.9 Å². The van der Waals surface area contributed by atoms with Gasteiger partial charge in [0, 0.05) is 42.0 Å². The van der Waals surface area contributed by atoms with Gasteiger partial charge in [0.05, 0.1) is 5.69 Å². The van der Waals surface area contributed by atoms with E-state index in [4.69, 9.17) is 0 Å². The number of aryl methyl sites for hydroxylation is 2. The number of nitrogens with one attached hydrogen (secondary N) is 2. The molecule has 0 bridgehead atoms. The van der Waals surface area contributed by atoms with Crippen molar-refractivity contribution >= 4 is 34.4 Å². The molecule has 1 fully saturated rings. The Morgan fingerprint density at radius 3 is 2.67 bits per heavy atom. The summed E-state index contributed by atoms with van der Waals surface area (Å²) in [6.45, 7) is 1.99. The first kappa shape index (κ1) is 28.5. The summed E-state index contributed by atoms with van der Waals surface area (Å²) >= 11 is 1.36. The first-order valence-corrected chi connectivity index (χ1v) is 14.5. The maximum Gasteiger partial charge on any atom is 0.419 e. The van der Waals surface area contributed by atoms with E-state index in [9.17, 15) is 23.1 Å². The number of amides is 1. The number of pyridine rings is 1. The van der Waals surface area contributed by atoms with E-state index in [0.29, 0.717) is 41.0 Å². The molecule has 0 unspecified atom stereocenters. The number of piperidine rings is 1. The van der Waals surface area contributed by atoms with E-state index in [0.717, 1.165) is 23.2 Å². The second-order valence-corrected chi connectivity index (χ2v) is 11.6. The van der Waals surface area contributed by atoms with Gasteiger partial charge in [0.25, 0.3) is 0 Å². The van der Waals surface area contributed by atoms with Crippen molar-refractivity contribution in [2.75, 3.05) is 11.9 Å². The van der Waals surface area contributed by atoms with E-state index in [-0.39, 0.29) is 35.8 Å². The maximum atomic E-state index is 14.1. The molecule has 3 N–H and O–H groups in total. The predicted octanol–water partition coefficient (Wildman–Crippen LogP) is 6.42. The molecule has 1 aliphatic rings. The molecule has 5 aromatic rings. The number of nitrogens with zero attached hydrogens (tertiary/aromatic N) is 6. The minimum atomic E-state index is -4.70. The van der Waals surface area contributed by atoms with Gasteiger partial charge in [0.1, 0.15) is 21.9 Å². The summed E-state index contributed by atoms with van der Waals surface area (Å²) in [4.78, 5) is 29.3. The fraction of sp³-hybridized carbons (Fsp3) is 0.310. The van der Waals surface area contributed by atoms with Crippen LogP contribution in [0.3, 0.4) is 0 Å². The zero-order chi connectivity index (χ0) is 30.1. The van der Waals surface area contributed by atoms with Crippen molar-refractivity contribution in [3.63, 3.8) is 0 Å². The highest BCUT2D eigenvalue weighted by atomic mass is 32.1. The van der Waals surface area contributed by atoms with Gasteiger partial charge in [-0.05, 0) is 50.3 Å². The molecule has 2 atom stereocenters. The first-order valence-electron chi connectivity index (χ1n) is 13.7. The van der Waals surface area contributed by atoms with Crippen molar-refractivity contribution in [1.29, 1.82) is 0 Å². The lowest BCUT2D eigenvalue weighted by atomic mass is 9.94. The molecule has 10 nitrogen and oxygen atoms in total. The largest absolute Gasteiger partial charge is 0.465 e. The van der Waals surface area contributed by atoms with Crippen LogP contribution in [0.4, 0.5) is 23.9 Å². The number of alkyl halides is 3. The monoisotopic (exact) mass is 608 g/mol. The van der Waals surface area contributed by atoms with Crippen LogP contribution in [0.2, 0.25) is 0 Å². The highest BCUT2D eigenvalue weighted by Crippen LogP contribution is 2.39. The molecule has 4 aromatic heterocycles. The van der Waals surface area contributed by atoms with Crippen molar-refractivity contribution in [1.82, 2.24) is 35.0 Å². The van der Waals surface area contributed by atoms with Crippen LogP contribution >= 0.6 is 11.3 Å². The van der Waals surface area contributed by atoms with Crippen LogP contribution in [0.1, 0.15) is 35.4 Å². The predicted molar refractivity (Wildman–Crippen MR) is 156 cm³/mol. The van der Waals surface area contributed by atoms with E-state index in [1.807, 2.05) is 37.3 Å². The van der Waals surface area contributed by atoms with Crippen LogP contribution in [-0.2, 0) is 12.6 Å². The topological polar surface area (TPSA) is 133 Å². The SMILES string of the molecule is Cc1nnc(-c2ccc3c(-c4nc(N[C@H]5CC[C@H](CCc6ccccc6)N(C(=O)O)C5)ncc4C(F)(F)F)c[nH]c3n2)s1. The summed E-state index contributed by atoms with van der Waals surface area (Å²) in [5.41, 5.74) is 1.00. The lowest BCUT2D eigenvalue weighted by molar-refractivity contribution is -0.137. The van der Waals surface area contributed by atoms with Crippen molar-refractivity contribution in [2.24, 2.45) is 0 Å². The third-order valence-corrected chi connectivity index (χ3v) is 8.39. The molecule has 5 heterocycles. The molecule has 0 radical (unpaired) electrons. The maximum absolute atomic E-state index is 14.1. The number of rotatable bonds is 7. The van der Waals surface area contributed by atoms with Crippen LogP contribution in [0.15, 0.2) is 54.9 Å². The molecule has 1 amide bonds. The number of H-pyrrole nitrogens is 1. The lowest BCUT2D eigenvalue weighted by Crippen LogP contribution is -2.50. The Balaban J connectivity index is 1.24. The Bertz CT molecular complexity index is 1760. The van der Waals surface area contributed by atoms with Crippen LogP contribution < -0.4 is 5.32 Å². The van der Waals surface area contributed by atoms with Crippen LogP contribution in [-0.4, -0.2) is 64.9 Å². The Hall–Kier alpha value is -4.59. The molecule has 0 spiro atoms. The number of hydrogen-bond acceptors (Lipinski definition) is 8. The highest BCUT2D eigenvalue weighted by molar-refractivity contribution is 7.14. The summed E-state index contributed by atoms with van der Waals surface area (Å²) < 4.78 is 42.3. The second kappa shape index (κ2) is 11.6. The third-order valence-electron chi connectivity index (χ3n) is 7.53. The van der Waals surface area contributed by atoms with Crippen LogP contribution in [0, 0.1) is 6.92 Å². The molecule has 14 heteroatoms. The fourth-order valence-corrected chi connectivity index (χ4v) is 6.09. The second-order valence-electron chi connectivity index (χ2n) is 10.4. The number of carboxylic acid groups (broad SMARTS) is 1. The summed E-state index contributed by atoms with van der Waals surface area (Å²) in [6, 6.07) is 12.7. The number of aromatic nitrogens is 6. The molecule has 1 aromatic carbocycles. The number of anilines is 1. The summed E-state index contributed by atoms with van der Waals surface area (Å²) in [5, 5.41) is 22.9. The molecule has 1 aliphatic heterocycles. The number of aromatic amines is 1. The minimum absolute atomic E-state index is 0.00987. The van der Waals surface area contributed by atoms with E-state index < -0.39 is 17.8 Å². The van der Waals surface area contributed by atoms with Gasteiger partial charge in [0.15, 0.2) is 5.01 Å². The van der Waals surface area contributed by atoms with Gasteiger partial charge in [-0.2, -0.15) is 13.2 Å². The Labute approximate surface area is 248 Å². The van der Waals surface area contributed by atoms with Crippen molar-refractivity contribution in [3.05, 3.63) is 71.0 Å². The van der Waals surface area contributed by atoms with E-state index >= 15 is 0 Å². The lowest BCUT2D eigenvalue weighted by Gasteiger charge is -2.38. The fourth-order valence-electron chi connectivity index (χ4n) is 5.42. The first-order chi connectivity index (χ1) is 20.7. The van der Waals surface area contributed by atoms with Gasteiger partial charge in [-0.25, -0.2) is 19.7 Å². The number of likely N-dealkylation sites (tertiary alicyclic amines) is 1. The van der Waals surface area contributed by atoms with Gasteiger partial charge in [-0.1, -0.05) is 41.7 Å². The Kier molecular flexibility index (Phi) is 7.69. The third kappa shape index (κ3) is 6.14. The summed E-state index contributed by atoms with van der Waals surface area (Å²) in [6.07, 6.45) is -0.880. The van der Waals surface area contributed by atoms with E-state index in [1.165, 1.54) is 22.4 Å². The Morgan fingerprint density at radius 2 is 1.95 bits per heavy atom. The van der Waals surface area contributed by atoms with E-state index in [1.54, 1.807) is 12.1 Å². The molecule has 6 rings (SSSR count). The number of hydrogen-bond donors (Lipinski definition) is 3.